The predicted octanol–water partition coefficient (Wildman–Crippen LogP) is 5.08. The van der Waals surface area contributed by atoms with Gasteiger partial charge in [-0.25, -0.2) is 4.79 Å². The van der Waals surface area contributed by atoms with Crippen LogP contribution in [0.4, 0.5) is 10.7 Å². The molecule has 10 heteroatoms. The van der Waals surface area contributed by atoms with E-state index in [1.807, 2.05) is 6.92 Å². The van der Waals surface area contributed by atoms with Gasteiger partial charge < -0.3 is 24.8 Å². The molecule has 178 valence electrons. The van der Waals surface area contributed by atoms with Crippen molar-refractivity contribution in [2.24, 2.45) is 0 Å². The van der Waals surface area contributed by atoms with Crippen molar-refractivity contribution >= 4 is 51.4 Å². The molecule has 0 saturated heterocycles. The van der Waals surface area contributed by atoms with Crippen LogP contribution in [-0.2, 0) is 9.53 Å². The van der Waals surface area contributed by atoms with Crippen molar-refractivity contribution in [2.45, 2.75) is 13.8 Å². The molecule has 3 aromatic rings. The van der Waals surface area contributed by atoms with E-state index in [-0.39, 0.29) is 22.0 Å². The number of ether oxygens (including phenoxy) is 3. The Bertz CT molecular complexity index is 1240. The number of thiophene rings is 1. The van der Waals surface area contributed by atoms with Crippen molar-refractivity contribution in [3.8, 4) is 11.5 Å². The van der Waals surface area contributed by atoms with E-state index in [2.05, 4.69) is 10.6 Å². The molecule has 0 aliphatic carbocycles. The monoisotopic (exact) mass is 502 g/mol. The number of amides is 2. The van der Waals surface area contributed by atoms with E-state index >= 15 is 0 Å². The summed E-state index contributed by atoms with van der Waals surface area (Å²) in [7, 11) is 2.76. The van der Waals surface area contributed by atoms with Gasteiger partial charge >= 0.3 is 5.97 Å². The fourth-order valence-corrected chi connectivity index (χ4v) is 4.47. The second kappa shape index (κ2) is 11.0. The molecule has 0 aliphatic heterocycles. The Morgan fingerprint density at radius 1 is 1.03 bits per heavy atom. The zero-order chi connectivity index (χ0) is 24.8. The first-order valence-electron chi connectivity index (χ1n) is 10.1. The summed E-state index contributed by atoms with van der Waals surface area (Å²) < 4.78 is 15.6. The lowest BCUT2D eigenvalue weighted by atomic mass is 10.1. The van der Waals surface area contributed by atoms with Gasteiger partial charge in [0.2, 0.25) is 0 Å². The number of aryl methyl sites for hydroxylation is 1. The average Bonchev–Trinajstić information content (AvgIpc) is 3.13. The van der Waals surface area contributed by atoms with Crippen LogP contribution in [0.1, 0.15) is 31.2 Å². The smallest absolute Gasteiger partial charge is 0.341 e. The molecule has 0 aliphatic rings. The highest BCUT2D eigenvalue weighted by molar-refractivity contribution is 7.19. The minimum Gasteiger partial charge on any atom is -0.497 e. The van der Waals surface area contributed by atoms with Crippen LogP contribution in [0.15, 0.2) is 42.5 Å². The van der Waals surface area contributed by atoms with Gasteiger partial charge in [-0.05, 0) is 55.3 Å². The lowest BCUT2D eigenvalue weighted by Crippen LogP contribution is -2.21. The number of methoxy groups -OCH3 is 2. The molecule has 1 aromatic heterocycles. The molecule has 8 nitrogen and oxygen atoms in total. The molecule has 0 radical (unpaired) electrons. The van der Waals surface area contributed by atoms with E-state index in [1.165, 1.54) is 14.2 Å². The number of halogens is 1. The zero-order valence-corrected chi connectivity index (χ0v) is 20.6. The highest BCUT2D eigenvalue weighted by Gasteiger charge is 2.26. The second-order valence-electron chi connectivity index (χ2n) is 7.18. The minimum absolute atomic E-state index is 0.110. The molecule has 2 aromatic carbocycles. The predicted molar refractivity (Wildman–Crippen MR) is 132 cm³/mol. The van der Waals surface area contributed by atoms with Gasteiger partial charge in [0.05, 0.1) is 24.7 Å². The Kier molecular flexibility index (Phi) is 8.14. The molecule has 2 amide bonds. The van der Waals surface area contributed by atoms with E-state index < -0.39 is 17.8 Å². The number of hydrogen-bond donors (Lipinski definition) is 2. The lowest BCUT2D eigenvalue weighted by Gasteiger charge is -2.10. The summed E-state index contributed by atoms with van der Waals surface area (Å²) in [6.45, 7) is 3.13. The van der Waals surface area contributed by atoms with Crippen molar-refractivity contribution in [1.29, 1.82) is 0 Å². The third-order valence-electron chi connectivity index (χ3n) is 4.82. The third kappa shape index (κ3) is 5.86. The van der Waals surface area contributed by atoms with Gasteiger partial charge in [0, 0.05) is 16.8 Å². The van der Waals surface area contributed by atoms with E-state index in [9.17, 15) is 14.4 Å². The van der Waals surface area contributed by atoms with Crippen LogP contribution >= 0.6 is 22.9 Å². The number of rotatable bonds is 8. The fraction of sp³-hybridized carbons (Fsp3) is 0.208. The van der Waals surface area contributed by atoms with Crippen LogP contribution in [0.2, 0.25) is 5.02 Å². The molecular weight excluding hydrogens is 480 g/mol. The van der Waals surface area contributed by atoms with Crippen LogP contribution in [0.25, 0.3) is 0 Å². The topological polar surface area (TPSA) is 103 Å². The SMILES string of the molecule is COC(=O)c1c(NC(=O)COc2ccc(Cl)cc2C)sc(C(=O)Nc2cccc(OC)c2)c1C. The van der Waals surface area contributed by atoms with Crippen LogP contribution < -0.4 is 20.1 Å². The maximum absolute atomic E-state index is 12.9. The van der Waals surface area contributed by atoms with Crippen LogP contribution in [0, 0.1) is 13.8 Å². The summed E-state index contributed by atoms with van der Waals surface area (Å²) in [5.41, 5.74) is 1.80. The molecule has 0 fully saturated rings. The summed E-state index contributed by atoms with van der Waals surface area (Å²) >= 11 is 6.91. The first-order chi connectivity index (χ1) is 16.2. The summed E-state index contributed by atoms with van der Waals surface area (Å²) in [4.78, 5) is 38.2. The van der Waals surface area contributed by atoms with E-state index in [0.29, 0.717) is 27.8 Å². The number of anilines is 2. The Hall–Kier alpha value is -3.56. The van der Waals surface area contributed by atoms with Gasteiger partial charge in [-0.3, -0.25) is 9.59 Å². The number of carbonyl (C=O) groups excluding carboxylic acids is 3. The van der Waals surface area contributed by atoms with Crippen molar-refractivity contribution < 1.29 is 28.6 Å². The van der Waals surface area contributed by atoms with Crippen LogP contribution in [-0.4, -0.2) is 38.6 Å². The van der Waals surface area contributed by atoms with E-state index in [0.717, 1.165) is 16.9 Å². The maximum atomic E-state index is 12.9. The highest BCUT2D eigenvalue weighted by atomic mass is 35.5. The number of benzene rings is 2. The van der Waals surface area contributed by atoms with Gasteiger partial charge in [0.1, 0.15) is 16.5 Å². The molecule has 0 bridgehead atoms. The summed E-state index contributed by atoms with van der Waals surface area (Å²) in [5, 5.41) is 6.18. The summed E-state index contributed by atoms with van der Waals surface area (Å²) in [6, 6.07) is 11.9. The Labute approximate surface area is 205 Å². The van der Waals surface area contributed by atoms with Crippen molar-refractivity contribution in [2.75, 3.05) is 31.5 Å². The largest absolute Gasteiger partial charge is 0.497 e. The van der Waals surface area contributed by atoms with E-state index in [1.54, 1.807) is 49.4 Å². The van der Waals surface area contributed by atoms with Crippen molar-refractivity contribution in [3.63, 3.8) is 0 Å². The minimum atomic E-state index is -0.668. The third-order valence-corrected chi connectivity index (χ3v) is 6.26. The quantitative estimate of drug-likeness (QED) is 0.416. The van der Waals surface area contributed by atoms with Gasteiger partial charge in [-0.2, -0.15) is 0 Å². The summed E-state index contributed by atoms with van der Waals surface area (Å²) in [5.74, 6) is -0.512. The fourth-order valence-electron chi connectivity index (χ4n) is 3.14. The van der Waals surface area contributed by atoms with E-state index in [4.69, 9.17) is 25.8 Å². The molecular formula is C24H23ClN2O6S. The lowest BCUT2D eigenvalue weighted by molar-refractivity contribution is -0.118. The Balaban J connectivity index is 1.79. The number of esters is 1. The molecule has 0 atom stereocenters. The molecule has 1 heterocycles. The van der Waals surface area contributed by atoms with Crippen LogP contribution in [0.5, 0.6) is 11.5 Å². The molecule has 34 heavy (non-hydrogen) atoms. The molecule has 0 unspecified atom stereocenters. The van der Waals surface area contributed by atoms with Crippen molar-refractivity contribution in [1.82, 2.24) is 0 Å². The standard InChI is InChI=1S/C24H23ClN2O6S/c1-13-10-15(25)8-9-18(13)33-12-19(28)27-23-20(24(30)32-4)14(2)21(34-23)22(29)26-16-6-5-7-17(11-16)31-3/h5-11H,12H2,1-4H3,(H,26,29)(H,27,28). The molecule has 0 spiro atoms. The molecule has 0 saturated carbocycles. The van der Waals surface area contributed by atoms with Gasteiger partial charge in [-0.15, -0.1) is 11.3 Å². The number of carbonyl (C=O) groups is 3. The Morgan fingerprint density at radius 2 is 1.79 bits per heavy atom. The second-order valence-corrected chi connectivity index (χ2v) is 8.64. The van der Waals surface area contributed by atoms with Crippen LogP contribution in [0.3, 0.4) is 0 Å². The normalized spacial score (nSPS) is 10.4. The zero-order valence-electron chi connectivity index (χ0n) is 19.0. The maximum Gasteiger partial charge on any atom is 0.341 e. The highest BCUT2D eigenvalue weighted by Crippen LogP contribution is 2.34. The number of nitrogens with one attached hydrogen (secondary N) is 2. The van der Waals surface area contributed by atoms with Gasteiger partial charge in [0.25, 0.3) is 11.8 Å². The Morgan fingerprint density at radius 3 is 2.47 bits per heavy atom. The molecule has 2 N–H and O–H groups in total. The van der Waals surface area contributed by atoms with Gasteiger partial charge in [-0.1, -0.05) is 17.7 Å². The van der Waals surface area contributed by atoms with Crippen molar-refractivity contribution in [3.05, 3.63) is 69.1 Å². The first kappa shape index (κ1) is 25.1. The summed E-state index contributed by atoms with van der Waals surface area (Å²) in [6.07, 6.45) is 0. The first-order valence-corrected chi connectivity index (χ1v) is 11.3. The molecule has 3 rings (SSSR count). The average molecular weight is 503 g/mol. The number of hydrogen-bond acceptors (Lipinski definition) is 7. The van der Waals surface area contributed by atoms with Gasteiger partial charge in [0.15, 0.2) is 6.61 Å².